The zero-order chi connectivity index (χ0) is 18.5. The summed E-state index contributed by atoms with van der Waals surface area (Å²) < 4.78 is 10.8. The fourth-order valence-corrected chi connectivity index (χ4v) is 3.43. The van der Waals surface area contributed by atoms with Gasteiger partial charge in [-0.1, -0.05) is 36.4 Å². The second kappa shape index (κ2) is 8.26. The summed E-state index contributed by atoms with van der Waals surface area (Å²) >= 11 is 0. The summed E-state index contributed by atoms with van der Waals surface area (Å²) in [6, 6.07) is 16.1. The highest BCUT2D eigenvalue weighted by molar-refractivity contribution is 5.77. The van der Waals surface area contributed by atoms with Crippen LogP contribution in [0, 0.1) is 5.92 Å². The monoisotopic (exact) mass is 353 g/mol. The highest BCUT2D eigenvalue weighted by Gasteiger charge is 2.34. The molecule has 0 aliphatic heterocycles. The third-order valence-corrected chi connectivity index (χ3v) is 5.11. The van der Waals surface area contributed by atoms with E-state index in [1.807, 2.05) is 42.3 Å². The van der Waals surface area contributed by atoms with Gasteiger partial charge in [-0.25, -0.2) is 0 Å². The van der Waals surface area contributed by atoms with Crippen LogP contribution in [0.5, 0.6) is 11.5 Å². The minimum absolute atomic E-state index is 0.181. The van der Waals surface area contributed by atoms with Crippen LogP contribution in [0.2, 0.25) is 0 Å². The van der Waals surface area contributed by atoms with Crippen LogP contribution in [0.1, 0.15) is 36.3 Å². The van der Waals surface area contributed by atoms with Crippen LogP contribution in [-0.4, -0.2) is 32.1 Å². The summed E-state index contributed by atoms with van der Waals surface area (Å²) in [5, 5.41) is 0. The molecule has 0 saturated heterocycles. The van der Waals surface area contributed by atoms with Gasteiger partial charge in [0.05, 0.1) is 14.2 Å². The normalized spacial score (nSPS) is 14.6. The van der Waals surface area contributed by atoms with Crippen molar-refractivity contribution in [1.29, 1.82) is 0 Å². The van der Waals surface area contributed by atoms with Crippen LogP contribution in [0.3, 0.4) is 0 Å². The summed E-state index contributed by atoms with van der Waals surface area (Å²) in [4.78, 5) is 14.6. The maximum Gasteiger partial charge on any atom is 0.223 e. The first-order chi connectivity index (χ1) is 12.6. The van der Waals surface area contributed by atoms with Gasteiger partial charge in [0.2, 0.25) is 5.91 Å². The van der Waals surface area contributed by atoms with Crippen molar-refractivity contribution in [2.45, 2.75) is 31.7 Å². The SMILES string of the molecule is COc1ccc(C(CC(=O)N(C)Cc2ccccc2)C2CC2)cc1OC. The molecule has 0 radical (unpaired) electrons. The summed E-state index contributed by atoms with van der Waals surface area (Å²) in [6.45, 7) is 0.642. The molecule has 2 aromatic carbocycles. The number of methoxy groups -OCH3 is 2. The van der Waals surface area contributed by atoms with E-state index in [1.165, 1.54) is 12.8 Å². The molecule has 138 valence electrons. The number of carbonyl (C=O) groups is 1. The molecular weight excluding hydrogens is 326 g/mol. The van der Waals surface area contributed by atoms with Gasteiger partial charge in [-0.15, -0.1) is 0 Å². The van der Waals surface area contributed by atoms with Crippen molar-refractivity contribution in [1.82, 2.24) is 4.90 Å². The van der Waals surface area contributed by atoms with E-state index in [0.717, 1.165) is 22.6 Å². The van der Waals surface area contributed by atoms with Crippen molar-refractivity contribution < 1.29 is 14.3 Å². The highest BCUT2D eigenvalue weighted by Crippen LogP contribution is 2.46. The molecule has 4 heteroatoms. The lowest BCUT2D eigenvalue weighted by atomic mass is 9.90. The Hall–Kier alpha value is -2.49. The fraction of sp³-hybridized carbons (Fsp3) is 0.409. The van der Waals surface area contributed by atoms with Gasteiger partial charge >= 0.3 is 0 Å². The van der Waals surface area contributed by atoms with Crippen molar-refractivity contribution in [3.05, 3.63) is 59.7 Å². The Kier molecular flexibility index (Phi) is 5.82. The van der Waals surface area contributed by atoms with Crippen molar-refractivity contribution >= 4 is 5.91 Å². The summed E-state index contributed by atoms with van der Waals surface area (Å²) in [5.74, 6) is 2.45. The molecule has 0 spiro atoms. The van der Waals surface area contributed by atoms with E-state index in [0.29, 0.717) is 18.9 Å². The largest absolute Gasteiger partial charge is 0.493 e. The Morgan fingerprint density at radius 1 is 1.08 bits per heavy atom. The molecule has 2 aromatic rings. The molecule has 1 atom stereocenters. The lowest BCUT2D eigenvalue weighted by Gasteiger charge is -2.23. The van der Waals surface area contributed by atoms with E-state index in [2.05, 4.69) is 18.2 Å². The third-order valence-electron chi connectivity index (χ3n) is 5.11. The molecule has 3 rings (SSSR count). The minimum atomic E-state index is 0.181. The van der Waals surface area contributed by atoms with Gasteiger partial charge in [0.1, 0.15) is 0 Å². The predicted molar refractivity (Wildman–Crippen MR) is 103 cm³/mol. The number of hydrogen-bond acceptors (Lipinski definition) is 3. The van der Waals surface area contributed by atoms with Crippen LogP contribution < -0.4 is 9.47 Å². The molecule has 4 nitrogen and oxygen atoms in total. The van der Waals surface area contributed by atoms with Crippen molar-refractivity contribution in [2.75, 3.05) is 21.3 Å². The van der Waals surface area contributed by atoms with Crippen LogP contribution in [0.25, 0.3) is 0 Å². The van der Waals surface area contributed by atoms with Gasteiger partial charge < -0.3 is 14.4 Å². The molecule has 0 N–H and O–H groups in total. The lowest BCUT2D eigenvalue weighted by Crippen LogP contribution is -2.28. The van der Waals surface area contributed by atoms with Gasteiger partial charge in [-0.2, -0.15) is 0 Å². The van der Waals surface area contributed by atoms with Gasteiger partial charge in [0.25, 0.3) is 0 Å². The average Bonchev–Trinajstić information content (AvgIpc) is 3.51. The zero-order valence-electron chi connectivity index (χ0n) is 15.8. The summed E-state index contributed by atoms with van der Waals surface area (Å²) in [5.41, 5.74) is 2.31. The average molecular weight is 353 g/mol. The Morgan fingerprint density at radius 3 is 2.38 bits per heavy atom. The molecule has 1 amide bonds. The Morgan fingerprint density at radius 2 is 1.77 bits per heavy atom. The molecule has 26 heavy (non-hydrogen) atoms. The van der Waals surface area contributed by atoms with E-state index >= 15 is 0 Å². The number of benzene rings is 2. The maximum absolute atomic E-state index is 12.8. The number of amides is 1. The number of carbonyl (C=O) groups excluding carboxylic acids is 1. The van der Waals surface area contributed by atoms with Gasteiger partial charge in [-0.3, -0.25) is 4.79 Å². The summed E-state index contributed by atoms with van der Waals surface area (Å²) in [6.07, 6.45) is 2.91. The fourth-order valence-electron chi connectivity index (χ4n) is 3.43. The molecule has 1 unspecified atom stereocenters. The molecule has 0 bridgehead atoms. The van der Waals surface area contributed by atoms with Crippen molar-refractivity contribution in [2.24, 2.45) is 5.92 Å². The molecule has 1 aliphatic rings. The third kappa shape index (κ3) is 4.37. The van der Waals surface area contributed by atoms with E-state index < -0.39 is 0 Å². The van der Waals surface area contributed by atoms with Gasteiger partial charge in [-0.05, 0) is 47.9 Å². The lowest BCUT2D eigenvalue weighted by molar-refractivity contribution is -0.131. The molecule has 1 aliphatic carbocycles. The van der Waals surface area contributed by atoms with Crippen LogP contribution in [0.4, 0.5) is 0 Å². The maximum atomic E-state index is 12.8. The van der Waals surface area contributed by atoms with Gasteiger partial charge in [0, 0.05) is 20.0 Å². The second-order valence-electron chi connectivity index (χ2n) is 7.00. The number of rotatable bonds is 8. The van der Waals surface area contributed by atoms with Crippen LogP contribution in [-0.2, 0) is 11.3 Å². The molecule has 1 saturated carbocycles. The van der Waals surface area contributed by atoms with Crippen molar-refractivity contribution in [3.8, 4) is 11.5 Å². The number of hydrogen-bond donors (Lipinski definition) is 0. The van der Waals surface area contributed by atoms with E-state index in [-0.39, 0.29) is 11.8 Å². The first-order valence-electron chi connectivity index (χ1n) is 9.12. The minimum Gasteiger partial charge on any atom is -0.493 e. The smallest absolute Gasteiger partial charge is 0.223 e. The predicted octanol–water partition coefficient (Wildman–Crippen LogP) is 4.25. The topological polar surface area (TPSA) is 38.8 Å². The molecule has 0 aromatic heterocycles. The Labute approximate surface area is 155 Å². The highest BCUT2D eigenvalue weighted by atomic mass is 16.5. The van der Waals surface area contributed by atoms with E-state index in [1.54, 1.807) is 14.2 Å². The first kappa shape index (κ1) is 18.3. The Balaban J connectivity index is 1.71. The second-order valence-corrected chi connectivity index (χ2v) is 7.00. The quantitative estimate of drug-likeness (QED) is 0.712. The molecular formula is C22H27NO3. The first-order valence-corrected chi connectivity index (χ1v) is 9.12. The zero-order valence-corrected chi connectivity index (χ0v) is 15.8. The van der Waals surface area contributed by atoms with E-state index in [4.69, 9.17) is 9.47 Å². The number of nitrogens with zero attached hydrogens (tertiary/aromatic N) is 1. The van der Waals surface area contributed by atoms with Crippen LogP contribution >= 0.6 is 0 Å². The molecule has 1 fully saturated rings. The van der Waals surface area contributed by atoms with Gasteiger partial charge in [0.15, 0.2) is 11.5 Å². The Bertz CT molecular complexity index is 740. The number of ether oxygens (including phenoxy) is 2. The summed E-state index contributed by atoms with van der Waals surface area (Å²) in [7, 11) is 5.17. The van der Waals surface area contributed by atoms with E-state index in [9.17, 15) is 4.79 Å². The molecule has 0 heterocycles. The standard InChI is InChI=1S/C22H27NO3/c1-23(15-16-7-5-4-6-8-16)22(24)14-19(17-9-10-17)18-11-12-20(25-2)21(13-18)26-3/h4-8,11-13,17,19H,9-10,14-15H2,1-3H3. The van der Waals surface area contributed by atoms with Crippen molar-refractivity contribution in [3.63, 3.8) is 0 Å². The van der Waals surface area contributed by atoms with Crippen LogP contribution in [0.15, 0.2) is 48.5 Å².